The molecule has 1 atom stereocenters. The molecule has 29 heavy (non-hydrogen) atoms. The molecule has 0 saturated carbocycles. The number of nitrogens with two attached hydrogens (primary N) is 1. The Kier molecular flexibility index (Phi) is 4.57. The Morgan fingerprint density at radius 2 is 1.97 bits per heavy atom. The Morgan fingerprint density at radius 3 is 2.66 bits per heavy atom. The average molecular weight is 386 g/mol. The number of rotatable bonds is 3. The van der Waals surface area contributed by atoms with Crippen LogP contribution in [0.25, 0.3) is 0 Å². The summed E-state index contributed by atoms with van der Waals surface area (Å²) in [4.78, 5) is 12.4. The number of ether oxygens (including phenoxy) is 2. The van der Waals surface area contributed by atoms with Crippen LogP contribution in [0.3, 0.4) is 0 Å². The molecule has 0 saturated heterocycles. The molecule has 6 heteroatoms. The lowest BCUT2D eigenvalue weighted by Crippen LogP contribution is -2.21. The highest BCUT2D eigenvalue weighted by atomic mass is 16.5. The van der Waals surface area contributed by atoms with Crippen molar-refractivity contribution in [3.8, 4) is 17.6 Å². The SMILES string of the molecule is Cc1cccc(C(=O)Oc2ccc3c(c2)OC(N)=C(C#N)C3c2ccc(C)o2)c1. The van der Waals surface area contributed by atoms with Gasteiger partial charge >= 0.3 is 5.97 Å². The second-order valence-electron chi connectivity index (χ2n) is 6.83. The van der Waals surface area contributed by atoms with Gasteiger partial charge < -0.3 is 19.6 Å². The number of benzene rings is 2. The van der Waals surface area contributed by atoms with Gasteiger partial charge in [0.25, 0.3) is 0 Å². The topological polar surface area (TPSA) is 98.5 Å². The van der Waals surface area contributed by atoms with Gasteiger partial charge in [0.2, 0.25) is 5.88 Å². The summed E-state index contributed by atoms with van der Waals surface area (Å²) < 4.78 is 16.9. The Morgan fingerprint density at radius 1 is 1.14 bits per heavy atom. The maximum atomic E-state index is 12.4. The maximum Gasteiger partial charge on any atom is 0.343 e. The molecule has 144 valence electrons. The largest absolute Gasteiger partial charge is 0.465 e. The number of hydrogen-bond acceptors (Lipinski definition) is 6. The van der Waals surface area contributed by atoms with E-state index in [9.17, 15) is 10.1 Å². The molecule has 4 rings (SSSR count). The molecule has 0 spiro atoms. The minimum absolute atomic E-state index is 0.00112. The van der Waals surface area contributed by atoms with Crippen LogP contribution in [0.2, 0.25) is 0 Å². The van der Waals surface area contributed by atoms with Crippen LogP contribution in [-0.4, -0.2) is 5.97 Å². The van der Waals surface area contributed by atoms with Crippen molar-refractivity contribution in [3.63, 3.8) is 0 Å². The van der Waals surface area contributed by atoms with E-state index in [1.807, 2.05) is 32.0 Å². The summed E-state index contributed by atoms with van der Waals surface area (Å²) in [5.41, 5.74) is 8.39. The molecule has 1 aromatic heterocycles. The Bertz CT molecular complexity index is 1180. The van der Waals surface area contributed by atoms with Crippen molar-refractivity contribution in [2.24, 2.45) is 5.73 Å². The first-order chi connectivity index (χ1) is 14.0. The first kappa shape index (κ1) is 18.4. The number of nitriles is 1. The quantitative estimate of drug-likeness (QED) is 0.531. The molecule has 1 aliphatic rings. The Labute approximate surface area is 167 Å². The summed E-state index contributed by atoms with van der Waals surface area (Å²) in [6, 6.07) is 17.9. The third-order valence-electron chi connectivity index (χ3n) is 4.70. The number of nitrogens with zero attached hydrogens (tertiary/aromatic N) is 1. The number of hydrogen-bond donors (Lipinski definition) is 1. The van der Waals surface area contributed by atoms with Gasteiger partial charge in [-0.05, 0) is 44.2 Å². The van der Waals surface area contributed by atoms with Crippen molar-refractivity contribution < 1.29 is 18.7 Å². The van der Waals surface area contributed by atoms with Crippen LogP contribution in [-0.2, 0) is 0 Å². The molecule has 0 aliphatic carbocycles. The fourth-order valence-corrected chi connectivity index (χ4v) is 3.34. The summed E-state index contributed by atoms with van der Waals surface area (Å²) in [5, 5.41) is 9.57. The molecule has 0 fully saturated rings. The summed E-state index contributed by atoms with van der Waals surface area (Å²) in [6.07, 6.45) is 0. The van der Waals surface area contributed by atoms with E-state index in [-0.39, 0.29) is 11.5 Å². The predicted molar refractivity (Wildman–Crippen MR) is 105 cm³/mol. The highest BCUT2D eigenvalue weighted by Crippen LogP contribution is 2.43. The zero-order valence-electron chi connectivity index (χ0n) is 15.9. The number of carbonyl (C=O) groups excluding carboxylic acids is 1. The highest BCUT2D eigenvalue weighted by Gasteiger charge is 2.33. The normalized spacial score (nSPS) is 15.3. The number of furan rings is 1. The van der Waals surface area contributed by atoms with Crippen LogP contribution in [0, 0.1) is 25.2 Å². The lowest BCUT2D eigenvalue weighted by atomic mass is 9.87. The molecule has 0 bridgehead atoms. The molecular formula is C23H18N2O4. The minimum Gasteiger partial charge on any atom is -0.465 e. The van der Waals surface area contributed by atoms with Crippen LogP contribution in [0.15, 0.2) is 70.5 Å². The van der Waals surface area contributed by atoms with Gasteiger partial charge in [0.1, 0.15) is 34.7 Å². The van der Waals surface area contributed by atoms with Crippen molar-refractivity contribution in [1.82, 2.24) is 0 Å². The van der Waals surface area contributed by atoms with Crippen LogP contribution in [0.1, 0.15) is 38.9 Å². The molecular weight excluding hydrogens is 368 g/mol. The van der Waals surface area contributed by atoms with E-state index >= 15 is 0 Å². The van der Waals surface area contributed by atoms with Gasteiger partial charge in [0.15, 0.2) is 0 Å². The Balaban J connectivity index is 1.68. The van der Waals surface area contributed by atoms with Gasteiger partial charge in [-0.3, -0.25) is 0 Å². The number of aryl methyl sites for hydroxylation is 2. The number of fused-ring (bicyclic) bond motifs is 1. The van der Waals surface area contributed by atoms with Crippen LogP contribution in [0.4, 0.5) is 0 Å². The molecule has 0 radical (unpaired) electrons. The smallest absolute Gasteiger partial charge is 0.343 e. The van der Waals surface area contributed by atoms with Gasteiger partial charge in [0.05, 0.1) is 11.5 Å². The van der Waals surface area contributed by atoms with Crippen LogP contribution < -0.4 is 15.2 Å². The second kappa shape index (κ2) is 7.21. The van der Waals surface area contributed by atoms with Gasteiger partial charge in [-0.15, -0.1) is 0 Å². The van der Waals surface area contributed by atoms with Gasteiger partial charge in [-0.2, -0.15) is 5.26 Å². The molecule has 0 amide bonds. The minimum atomic E-state index is -0.487. The lowest BCUT2D eigenvalue weighted by Gasteiger charge is -2.25. The fourth-order valence-electron chi connectivity index (χ4n) is 3.34. The van der Waals surface area contributed by atoms with Crippen LogP contribution in [0.5, 0.6) is 11.5 Å². The second-order valence-corrected chi connectivity index (χ2v) is 6.83. The summed E-state index contributed by atoms with van der Waals surface area (Å²) >= 11 is 0. The highest BCUT2D eigenvalue weighted by molar-refractivity contribution is 5.91. The Hall–Kier alpha value is -3.98. The van der Waals surface area contributed by atoms with E-state index in [2.05, 4.69) is 6.07 Å². The molecule has 2 N–H and O–H groups in total. The summed E-state index contributed by atoms with van der Waals surface area (Å²) in [5.74, 6) is 1.10. The van der Waals surface area contributed by atoms with Crippen molar-refractivity contribution in [2.75, 3.05) is 0 Å². The summed E-state index contributed by atoms with van der Waals surface area (Å²) in [7, 11) is 0. The standard InChI is InChI=1S/C23H18N2O4/c1-13-4-3-5-15(10-13)23(26)28-16-7-8-17-20(11-16)29-22(25)18(12-24)21(17)19-9-6-14(2)27-19/h3-11,21H,25H2,1-2H3. The van der Waals surface area contributed by atoms with Crippen molar-refractivity contribution in [1.29, 1.82) is 5.26 Å². The van der Waals surface area contributed by atoms with E-state index in [1.54, 1.807) is 36.4 Å². The lowest BCUT2D eigenvalue weighted by molar-refractivity contribution is 0.0734. The fraction of sp³-hybridized carbons (Fsp3) is 0.130. The predicted octanol–water partition coefficient (Wildman–Crippen LogP) is 4.33. The van der Waals surface area contributed by atoms with E-state index in [0.717, 1.165) is 11.3 Å². The van der Waals surface area contributed by atoms with Gasteiger partial charge in [0, 0.05) is 11.6 Å². The van der Waals surface area contributed by atoms with E-state index < -0.39 is 11.9 Å². The zero-order valence-corrected chi connectivity index (χ0v) is 15.9. The molecule has 1 unspecified atom stereocenters. The van der Waals surface area contributed by atoms with Crippen molar-refractivity contribution in [2.45, 2.75) is 19.8 Å². The van der Waals surface area contributed by atoms with Crippen molar-refractivity contribution in [3.05, 3.63) is 94.3 Å². The third kappa shape index (κ3) is 3.46. The zero-order chi connectivity index (χ0) is 20.5. The molecule has 6 nitrogen and oxygen atoms in total. The number of carbonyl (C=O) groups is 1. The molecule has 3 aromatic rings. The van der Waals surface area contributed by atoms with Crippen LogP contribution >= 0.6 is 0 Å². The van der Waals surface area contributed by atoms with Gasteiger partial charge in [-0.1, -0.05) is 23.8 Å². The average Bonchev–Trinajstić information content (AvgIpc) is 3.12. The molecule has 1 aliphatic heterocycles. The first-order valence-corrected chi connectivity index (χ1v) is 9.03. The van der Waals surface area contributed by atoms with Gasteiger partial charge in [-0.25, -0.2) is 4.79 Å². The third-order valence-corrected chi connectivity index (χ3v) is 4.70. The number of esters is 1. The maximum absolute atomic E-state index is 12.4. The molecule has 2 heterocycles. The van der Waals surface area contributed by atoms with Crippen molar-refractivity contribution >= 4 is 5.97 Å². The van der Waals surface area contributed by atoms with E-state index in [0.29, 0.717) is 28.4 Å². The number of allylic oxidation sites excluding steroid dienone is 1. The summed E-state index contributed by atoms with van der Waals surface area (Å²) in [6.45, 7) is 3.73. The van der Waals surface area contributed by atoms with E-state index in [4.69, 9.17) is 19.6 Å². The monoisotopic (exact) mass is 386 g/mol. The molecule has 2 aromatic carbocycles. The van der Waals surface area contributed by atoms with E-state index in [1.165, 1.54) is 0 Å². The first-order valence-electron chi connectivity index (χ1n) is 9.03.